The molecule has 0 amide bonds. The quantitative estimate of drug-likeness (QED) is 0.620. The van der Waals surface area contributed by atoms with Gasteiger partial charge in [0, 0.05) is 30.3 Å². The topological polar surface area (TPSA) is 92.8 Å². The molecule has 3 aromatic heterocycles. The normalized spacial score (nSPS) is 12.1. The molecule has 0 radical (unpaired) electrons. The van der Waals surface area contributed by atoms with Crippen LogP contribution in [-0.4, -0.2) is 21.0 Å². The summed E-state index contributed by atoms with van der Waals surface area (Å²) < 4.78 is 5.04. The minimum atomic E-state index is 0. The zero-order valence-corrected chi connectivity index (χ0v) is 13.5. The van der Waals surface area contributed by atoms with E-state index in [4.69, 9.17) is 21.8 Å². The number of rotatable bonds is 5. The zero-order valence-electron chi connectivity index (χ0n) is 12.0. The van der Waals surface area contributed by atoms with E-state index >= 15 is 0 Å². The van der Waals surface area contributed by atoms with Crippen LogP contribution < -0.4 is 11.1 Å². The van der Waals surface area contributed by atoms with Crippen LogP contribution >= 0.6 is 24.0 Å². The fourth-order valence-electron chi connectivity index (χ4n) is 2.21. The van der Waals surface area contributed by atoms with Crippen LogP contribution in [0, 0.1) is 0 Å². The highest BCUT2D eigenvalue weighted by atomic mass is 35.5. The average molecular weight is 342 g/mol. The first-order valence-corrected chi connectivity index (χ1v) is 7.05. The smallest absolute Gasteiger partial charge is 0.226 e. The van der Waals surface area contributed by atoms with Crippen molar-refractivity contribution in [2.24, 2.45) is 5.73 Å². The zero-order chi connectivity index (χ0) is 14.8. The second-order valence-corrected chi connectivity index (χ2v) is 5.40. The predicted molar refractivity (Wildman–Crippen MR) is 89.5 cm³/mol. The van der Waals surface area contributed by atoms with Gasteiger partial charge in [-0.05, 0) is 30.7 Å². The average Bonchev–Trinajstić information content (AvgIpc) is 3.03. The highest BCUT2D eigenvalue weighted by molar-refractivity contribution is 6.28. The molecule has 0 bridgehead atoms. The summed E-state index contributed by atoms with van der Waals surface area (Å²) in [4.78, 5) is 11.7. The summed E-state index contributed by atoms with van der Waals surface area (Å²) in [5.41, 5.74) is 8.59. The van der Waals surface area contributed by atoms with Gasteiger partial charge in [0.05, 0.1) is 17.9 Å². The second-order valence-electron chi connectivity index (χ2n) is 5.06. The molecule has 0 aromatic carbocycles. The van der Waals surface area contributed by atoms with Gasteiger partial charge in [0.2, 0.25) is 5.28 Å². The van der Waals surface area contributed by atoms with Crippen molar-refractivity contribution in [3.05, 3.63) is 41.2 Å². The molecule has 0 spiro atoms. The molecule has 0 unspecified atom stereocenters. The van der Waals surface area contributed by atoms with Gasteiger partial charge in [-0.1, -0.05) is 0 Å². The van der Waals surface area contributed by atoms with Crippen LogP contribution in [0.1, 0.15) is 18.2 Å². The van der Waals surface area contributed by atoms with E-state index in [0.717, 1.165) is 23.1 Å². The summed E-state index contributed by atoms with van der Waals surface area (Å²) in [7, 11) is 0. The number of anilines is 1. The summed E-state index contributed by atoms with van der Waals surface area (Å²) in [6.45, 7) is 2.56. The number of hydrogen-bond donors (Lipinski definition) is 3. The van der Waals surface area contributed by atoms with Crippen molar-refractivity contribution < 1.29 is 4.42 Å². The molecular formula is C14H17Cl2N5O. The molecule has 0 aliphatic rings. The predicted octanol–water partition coefficient (Wildman–Crippen LogP) is 3.13. The monoisotopic (exact) mass is 341 g/mol. The molecule has 0 fully saturated rings. The minimum absolute atomic E-state index is 0. The lowest BCUT2D eigenvalue weighted by atomic mass is 10.2. The summed E-state index contributed by atoms with van der Waals surface area (Å²) in [5, 5.41) is 4.35. The van der Waals surface area contributed by atoms with Crippen LogP contribution in [-0.2, 0) is 13.0 Å². The second kappa shape index (κ2) is 7.00. The van der Waals surface area contributed by atoms with Gasteiger partial charge < -0.3 is 20.5 Å². The largest absolute Gasteiger partial charge is 0.472 e. The van der Waals surface area contributed by atoms with Crippen LogP contribution in [0.25, 0.3) is 11.0 Å². The fourth-order valence-corrected chi connectivity index (χ4v) is 2.38. The van der Waals surface area contributed by atoms with Crippen LogP contribution in [0.4, 0.5) is 5.82 Å². The van der Waals surface area contributed by atoms with Gasteiger partial charge in [-0.25, -0.2) is 4.98 Å². The van der Waals surface area contributed by atoms with E-state index in [1.807, 2.05) is 19.1 Å². The summed E-state index contributed by atoms with van der Waals surface area (Å²) >= 11 is 5.97. The number of H-pyrrole nitrogens is 1. The number of nitrogens with zero attached hydrogens (tertiary/aromatic N) is 2. The molecule has 8 heteroatoms. The number of halogens is 2. The van der Waals surface area contributed by atoms with Crippen molar-refractivity contribution in [1.29, 1.82) is 0 Å². The van der Waals surface area contributed by atoms with Crippen LogP contribution in [0.5, 0.6) is 0 Å². The molecule has 22 heavy (non-hydrogen) atoms. The van der Waals surface area contributed by atoms with Crippen molar-refractivity contribution in [2.45, 2.75) is 25.9 Å². The molecule has 4 N–H and O–H groups in total. The van der Waals surface area contributed by atoms with Crippen LogP contribution in [0.2, 0.25) is 5.28 Å². The molecule has 1 atom stereocenters. The Bertz CT molecular complexity index is 739. The Kier molecular flexibility index (Phi) is 5.28. The number of furan rings is 1. The first kappa shape index (κ1) is 16.6. The lowest BCUT2D eigenvalue weighted by Gasteiger charge is -2.05. The highest BCUT2D eigenvalue weighted by Gasteiger charge is 2.11. The molecule has 0 saturated heterocycles. The third-order valence-electron chi connectivity index (χ3n) is 3.10. The van der Waals surface area contributed by atoms with E-state index in [2.05, 4.69) is 20.3 Å². The van der Waals surface area contributed by atoms with Crippen molar-refractivity contribution in [3.63, 3.8) is 0 Å². The van der Waals surface area contributed by atoms with E-state index in [9.17, 15) is 0 Å². The maximum absolute atomic E-state index is 5.97. The van der Waals surface area contributed by atoms with E-state index in [-0.39, 0.29) is 23.7 Å². The molecule has 3 aromatic rings. The van der Waals surface area contributed by atoms with E-state index < -0.39 is 0 Å². The third kappa shape index (κ3) is 3.71. The number of nitrogens with one attached hydrogen (secondary N) is 2. The fraction of sp³-hybridized carbons (Fsp3) is 0.286. The first-order chi connectivity index (χ1) is 10.1. The number of aromatic amines is 1. The Morgan fingerprint density at radius 2 is 2.27 bits per heavy atom. The van der Waals surface area contributed by atoms with Gasteiger partial charge in [-0.2, -0.15) is 4.98 Å². The maximum atomic E-state index is 5.97. The Hall–Kier alpha value is -1.76. The molecule has 6 nitrogen and oxygen atoms in total. The number of aromatic nitrogens is 3. The van der Waals surface area contributed by atoms with Gasteiger partial charge in [-0.3, -0.25) is 0 Å². The van der Waals surface area contributed by atoms with E-state index in [0.29, 0.717) is 18.0 Å². The Morgan fingerprint density at radius 3 is 2.95 bits per heavy atom. The van der Waals surface area contributed by atoms with Gasteiger partial charge >= 0.3 is 0 Å². The molecule has 0 aliphatic carbocycles. The molecule has 3 rings (SSSR count). The lowest BCUT2D eigenvalue weighted by molar-refractivity contribution is 0.564. The Morgan fingerprint density at radius 1 is 1.45 bits per heavy atom. The van der Waals surface area contributed by atoms with Crippen LogP contribution in [0.15, 0.2) is 29.1 Å². The molecule has 0 aliphatic heterocycles. The molecule has 0 saturated carbocycles. The van der Waals surface area contributed by atoms with Crippen molar-refractivity contribution in [3.8, 4) is 0 Å². The maximum Gasteiger partial charge on any atom is 0.226 e. The Balaban J connectivity index is 0.00000176. The van der Waals surface area contributed by atoms with Gasteiger partial charge in [0.25, 0.3) is 0 Å². The van der Waals surface area contributed by atoms with Crippen LogP contribution in [0.3, 0.4) is 0 Å². The van der Waals surface area contributed by atoms with Crippen molar-refractivity contribution >= 4 is 40.9 Å². The van der Waals surface area contributed by atoms with Gasteiger partial charge in [0.15, 0.2) is 0 Å². The number of fused-ring (bicyclic) bond motifs is 1. The molecular weight excluding hydrogens is 325 g/mol. The minimum Gasteiger partial charge on any atom is -0.472 e. The first-order valence-electron chi connectivity index (χ1n) is 6.67. The molecule has 118 valence electrons. The SMILES string of the molecule is C[C@H](N)Cc1cc2c(NCc3ccoc3)nc(Cl)nc2[nH]1.Cl. The summed E-state index contributed by atoms with van der Waals surface area (Å²) in [6, 6.07) is 3.97. The third-order valence-corrected chi connectivity index (χ3v) is 3.27. The Labute approximate surface area is 138 Å². The van der Waals surface area contributed by atoms with Gasteiger partial charge in [0.1, 0.15) is 11.5 Å². The van der Waals surface area contributed by atoms with Crippen molar-refractivity contribution in [1.82, 2.24) is 15.0 Å². The summed E-state index contributed by atoms with van der Waals surface area (Å²) in [5.74, 6) is 0.693. The van der Waals surface area contributed by atoms with E-state index in [1.165, 1.54) is 0 Å². The number of nitrogens with two attached hydrogens (primary N) is 1. The summed E-state index contributed by atoms with van der Waals surface area (Å²) in [6.07, 6.45) is 4.07. The van der Waals surface area contributed by atoms with E-state index in [1.54, 1.807) is 12.5 Å². The molecule has 3 heterocycles. The number of hydrogen-bond acceptors (Lipinski definition) is 5. The highest BCUT2D eigenvalue weighted by Crippen LogP contribution is 2.24. The van der Waals surface area contributed by atoms with Gasteiger partial charge in [-0.15, -0.1) is 12.4 Å². The standard InChI is InChI=1S/C14H16ClN5O.ClH/c1-8(16)4-10-5-11-12(17-6-9-2-3-21-7-9)19-14(15)20-13(11)18-10;/h2-3,5,7-8H,4,6,16H2,1H3,(H2,17,18,19,20);1H/t8-;/m0./s1. The van der Waals surface area contributed by atoms with Crippen molar-refractivity contribution in [2.75, 3.05) is 5.32 Å². The lowest BCUT2D eigenvalue weighted by Crippen LogP contribution is -2.17.